The molecule has 172 valence electrons. The number of nitrogens with one attached hydrogen (secondary N) is 2. The Bertz CT molecular complexity index is 1130. The maximum absolute atomic E-state index is 12.9. The van der Waals surface area contributed by atoms with Crippen LogP contribution >= 0.6 is 0 Å². The molecule has 0 saturated carbocycles. The largest absolute Gasteiger partial charge is 0.444 e. The van der Waals surface area contributed by atoms with E-state index in [9.17, 15) is 19.5 Å². The van der Waals surface area contributed by atoms with Gasteiger partial charge in [0, 0.05) is 20.0 Å². The quantitative estimate of drug-likeness (QED) is 0.493. The number of hydrogen-bond acceptors (Lipinski definition) is 5. The number of aliphatic hydroxyl groups is 1. The molecule has 1 aromatic heterocycles. The molecule has 1 saturated heterocycles. The first-order valence-corrected chi connectivity index (χ1v) is 10.7. The minimum absolute atomic E-state index is 0.299. The molecule has 2 unspecified atom stereocenters. The Morgan fingerprint density at radius 2 is 2.06 bits per heavy atom. The van der Waals surface area contributed by atoms with Gasteiger partial charge in [-0.1, -0.05) is 17.9 Å². The molecule has 9 heteroatoms. The number of amides is 2. The second kappa shape index (κ2) is 9.49. The fourth-order valence-electron chi connectivity index (χ4n) is 3.71. The number of fused-ring (bicyclic) bond motifs is 1. The highest BCUT2D eigenvalue weighted by molar-refractivity contribution is 5.87. The van der Waals surface area contributed by atoms with Crippen molar-refractivity contribution in [2.45, 2.75) is 64.3 Å². The number of nitrogens with zero attached hydrogens (tertiary/aromatic N) is 2. The van der Waals surface area contributed by atoms with Crippen molar-refractivity contribution in [3.05, 3.63) is 34.2 Å². The average molecular weight is 443 g/mol. The fourth-order valence-corrected chi connectivity index (χ4v) is 3.71. The number of aliphatic hydroxyl groups excluding tert-OH is 1. The summed E-state index contributed by atoms with van der Waals surface area (Å²) >= 11 is 0. The van der Waals surface area contributed by atoms with E-state index in [2.05, 4.69) is 22.5 Å². The zero-order chi connectivity index (χ0) is 23.5. The third-order valence-corrected chi connectivity index (χ3v) is 5.11. The molecule has 32 heavy (non-hydrogen) atoms. The van der Waals surface area contributed by atoms with Gasteiger partial charge in [-0.25, -0.2) is 9.59 Å². The first kappa shape index (κ1) is 23.4. The van der Waals surface area contributed by atoms with Crippen LogP contribution in [0.3, 0.4) is 0 Å². The number of carbonyl (C=O) groups excluding carboxylic acids is 2. The number of aromatic nitrogens is 2. The van der Waals surface area contributed by atoms with Crippen LogP contribution in [0.1, 0.15) is 58.1 Å². The SMILES string of the molecule is Cn1c(=O)n(C2CCC(O)NC2=O)c2cccc(C#CCCCNC(=O)OC(C)(C)C)c21. The highest BCUT2D eigenvalue weighted by Gasteiger charge is 2.31. The van der Waals surface area contributed by atoms with Gasteiger partial charge in [0.25, 0.3) is 0 Å². The second-order valence-electron chi connectivity index (χ2n) is 8.84. The van der Waals surface area contributed by atoms with Crippen molar-refractivity contribution >= 4 is 23.0 Å². The van der Waals surface area contributed by atoms with Crippen molar-refractivity contribution in [1.29, 1.82) is 0 Å². The number of benzene rings is 1. The monoisotopic (exact) mass is 442 g/mol. The predicted molar refractivity (Wildman–Crippen MR) is 120 cm³/mol. The molecule has 2 heterocycles. The summed E-state index contributed by atoms with van der Waals surface area (Å²) in [4.78, 5) is 37.0. The third kappa shape index (κ3) is 5.32. The van der Waals surface area contributed by atoms with Gasteiger partial charge in [0.05, 0.1) is 16.6 Å². The summed E-state index contributed by atoms with van der Waals surface area (Å²) in [6.07, 6.45) is 0.653. The fraction of sp³-hybridized carbons (Fsp3) is 0.522. The number of imidazole rings is 1. The number of aryl methyl sites for hydroxylation is 1. The Labute approximate surface area is 186 Å². The summed E-state index contributed by atoms with van der Waals surface area (Å²) in [5.74, 6) is 5.83. The lowest BCUT2D eigenvalue weighted by Gasteiger charge is -2.26. The Morgan fingerprint density at radius 1 is 1.31 bits per heavy atom. The molecule has 3 N–H and O–H groups in total. The number of unbranched alkanes of at least 4 members (excludes halogenated alkanes) is 1. The van der Waals surface area contributed by atoms with Crippen LogP contribution in [0, 0.1) is 11.8 Å². The van der Waals surface area contributed by atoms with E-state index in [-0.39, 0.29) is 11.6 Å². The van der Waals surface area contributed by atoms with Crippen molar-refractivity contribution < 1.29 is 19.4 Å². The molecule has 1 fully saturated rings. The maximum Gasteiger partial charge on any atom is 0.407 e. The van der Waals surface area contributed by atoms with Gasteiger partial charge >= 0.3 is 11.8 Å². The van der Waals surface area contributed by atoms with E-state index in [4.69, 9.17) is 4.74 Å². The number of hydrogen-bond donors (Lipinski definition) is 3. The van der Waals surface area contributed by atoms with Gasteiger partial charge < -0.3 is 20.5 Å². The van der Waals surface area contributed by atoms with Gasteiger partial charge in [-0.05, 0) is 52.2 Å². The van der Waals surface area contributed by atoms with Crippen LogP contribution in [0.2, 0.25) is 0 Å². The number of piperidine rings is 1. The van der Waals surface area contributed by atoms with Gasteiger partial charge in [0.2, 0.25) is 5.91 Å². The molecular weight excluding hydrogens is 412 g/mol. The maximum atomic E-state index is 12.9. The molecule has 1 aromatic carbocycles. The number of para-hydroxylation sites is 1. The highest BCUT2D eigenvalue weighted by atomic mass is 16.6. The van der Waals surface area contributed by atoms with Crippen molar-refractivity contribution in [2.75, 3.05) is 6.54 Å². The van der Waals surface area contributed by atoms with Gasteiger partial charge in [-0.2, -0.15) is 0 Å². The van der Waals surface area contributed by atoms with E-state index < -0.39 is 24.0 Å². The Balaban J connectivity index is 1.73. The lowest BCUT2D eigenvalue weighted by Crippen LogP contribution is -2.46. The minimum Gasteiger partial charge on any atom is -0.444 e. The minimum atomic E-state index is -0.879. The summed E-state index contributed by atoms with van der Waals surface area (Å²) in [5.41, 5.74) is 1.15. The second-order valence-corrected chi connectivity index (χ2v) is 8.84. The van der Waals surface area contributed by atoms with Gasteiger partial charge in [0.1, 0.15) is 17.9 Å². The van der Waals surface area contributed by atoms with Crippen molar-refractivity contribution in [1.82, 2.24) is 19.8 Å². The van der Waals surface area contributed by atoms with Crippen molar-refractivity contribution in [3.8, 4) is 11.8 Å². The molecule has 0 spiro atoms. The normalized spacial score (nSPS) is 18.6. The van der Waals surface area contributed by atoms with Crippen molar-refractivity contribution in [2.24, 2.45) is 7.05 Å². The molecule has 0 radical (unpaired) electrons. The molecule has 0 bridgehead atoms. The zero-order valence-electron chi connectivity index (χ0n) is 18.9. The van der Waals surface area contributed by atoms with E-state index in [0.717, 1.165) is 0 Å². The van der Waals surface area contributed by atoms with E-state index in [0.29, 0.717) is 48.8 Å². The zero-order valence-corrected chi connectivity index (χ0v) is 18.9. The van der Waals surface area contributed by atoms with Gasteiger partial charge in [-0.15, -0.1) is 0 Å². The molecular formula is C23H30N4O5. The number of rotatable bonds is 4. The van der Waals surface area contributed by atoms with E-state index in [1.165, 1.54) is 9.13 Å². The first-order chi connectivity index (χ1) is 15.1. The summed E-state index contributed by atoms with van der Waals surface area (Å²) < 4.78 is 8.17. The van der Waals surface area contributed by atoms with Crippen LogP contribution in [0.5, 0.6) is 0 Å². The molecule has 2 amide bonds. The molecule has 3 rings (SSSR count). The Kier molecular flexibility index (Phi) is 6.94. The van der Waals surface area contributed by atoms with E-state index in [1.807, 2.05) is 32.9 Å². The van der Waals surface area contributed by atoms with Crippen LogP contribution in [0.25, 0.3) is 11.0 Å². The Morgan fingerprint density at radius 3 is 2.75 bits per heavy atom. The van der Waals surface area contributed by atoms with E-state index >= 15 is 0 Å². The summed E-state index contributed by atoms with van der Waals surface area (Å²) in [6.45, 7) is 5.88. The smallest absolute Gasteiger partial charge is 0.407 e. The highest BCUT2D eigenvalue weighted by Crippen LogP contribution is 2.25. The molecule has 1 aliphatic heterocycles. The van der Waals surface area contributed by atoms with Gasteiger partial charge in [0.15, 0.2) is 0 Å². The molecule has 9 nitrogen and oxygen atoms in total. The van der Waals surface area contributed by atoms with Crippen LogP contribution in [-0.2, 0) is 16.6 Å². The third-order valence-electron chi connectivity index (χ3n) is 5.11. The van der Waals surface area contributed by atoms with E-state index in [1.54, 1.807) is 13.1 Å². The first-order valence-electron chi connectivity index (χ1n) is 10.7. The predicted octanol–water partition coefficient (Wildman–Crippen LogP) is 1.77. The number of alkyl carbamates (subject to hydrolysis) is 1. The molecule has 0 aliphatic carbocycles. The number of ether oxygens (including phenoxy) is 1. The van der Waals surface area contributed by atoms with Gasteiger partial charge in [-0.3, -0.25) is 13.9 Å². The molecule has 2 atom stereocenters. The van der Waals surface area contributed by atoms with Crippen LogP contribution in [-0.4, -0.2) is 44.6 Å². The Hall–Kier alpha value is -3.25. The topological polar surface area (TPSA) is 115 Å². The van der Waals surface area contributed by atoms with Crippen LogP contribution in [0.15, 0.2) is 23.0 Å². The van der Waals surface area contributed by atoms with Crippen LogP contribution in [0.4, 0.5) is 4.79 Å². The van der Waals surface area contributed by atoms with Crippen molar-refractivity contribution in [3.63, 3.8) is 0 Å². The lowest BCUT2D eigenvalue weighted by molar-refractivity contribution is -0.130. The molecule has 2 aromatic rings. The van der Waals surface area contributed by atoms with Crippen LogP contribution < -0.4 is 16.3 Å². The summed E-state index contributed by atoms with van der Waals surface area (Å²) in [5, 5.41) is 14.8. The summed E-state index contributed by atoms with van der Waals surface area (Å²) in [7, 11) is 1.66. The standard InChI is InChI=1S/C23H30N4O5/c1-23(2,3)32-21(30)24-14-7-5-6-9-15-10-8-11-16-19(15)26(4)22(31)27(16)17-12-13-18(28)25-20(17)29/h8,10-11,17-18,28H,5,7,12-14H2,1-4H3,(H,24,30)(H,25,29). The number of carbonyl (C=O) groups is 2. The lowest BCUT2D eigenvalue weighted by atomic mass is 10.0. The molecule has 1 aliphatic rings. The summed E-state index contributed by atoms with van der Waals surface area (Å²) in [6, 6.07) is 4.77. The average Bonchev–Trinajstić information content (AvgIpc) is 2.95.